The zero-order valence-corrected chi connectivity index (χ0v) is 9.62. The van der Waals surface area contributed by atoms with Gasteiger partial charge in [-0.1, -0.05) is 12.8 Å². The van der Waals surface area contributed by atoms with Gasteiger partial charge in [-0.25, -0.2) is 0 Å². The van der Waals surface area contributed by atoms with Crippen LogP contribution in [-0.4, -0.2) is 12.1 Å². The summed E-state index contributed by atoms with van der Waals surface area (Å²) in [5, 5.41) is 4.04. The lowest BCUT2D eigenvalue weighted by Crippen LogP contribution is -2.43. The van der Waals surface area contributed by atoms with Crippen LogP contribution < -0.4 is 5.32 Å². The van der Waals surface area contributed by atoms with Crippen LogP contribution in [0.2, 0.25) is 0 Å². The van der Waals surface area contributed by atoms with Crippen LogP contribution in [0.5, 0.6) is 0 Å². The average Bonchev–Trinajstić information content (AvgIpc) is 2.96. The molecule has 1 nitrogen and oxygen atoms in total. The van der Waals surface area contributed by atoms with E-state index >= 15 is 0 Å². The van der Waals surface area contributed by atoms with Crippen molar-refractivity contribution < 1.29 is 0 Å². The van der Waals surface area contributed by atoms with E-state index in [1.165, 1.54) is 25.7 Å². The minimum absolute atomic E-state index is 0.924. The molecule has 0 aromatic heterocycles. The summed E-state index contributed by atoms with van der Waals surface area (Å²) in [5.74, 6) is 4.33. The molecule has 0 heterocycles. The van der Waals surface area contributed by atoms with Crippen molar-refractivity contribution in [2.24, 2.45) is 23.7 Å². The number of hydrogen-bond donors (Lipinski definition) is 1. The third-order valence-corrected chi connectivity index (χ3v) is 5.90. The summed E-state index contributed by atoms with van der Waals surface area (Å²) in [6, 6.07) is 1.85. The van der Waals surface area contributed by atoms with E-state index in [4.69, 9.17) is 0 Å². The maximum absolute atomic E-state index is 4.04. The smallest absolute Gasteiger partial charge is 0.0101 e. The number of nitrogens with one attached hydrogen (secondary N) is 1. The van der Waals surface area contributed by atoms with Crippen LogP contribution in [-0.2, 0) is 0 Å². The van der Waals surface area contributed by atoms with Gasteiger partial charge in [0.15, 0.2) is 0 Å². The van der Waals surface area contributed by atoms with Crippen molar-refractivity contribution in [1.29, 1.82) is 0 Å². The lowest BCUT2D eigenvalue weighted by Gasteiger charge is -2.31. The standard InChI is InChI=1S/C14H23N/c1-3-11-5-9(1)7-13(11)15-14-8-10-2-4-12(14)6-10/h9-15H,1-8H2. The Morgan fingerprint density at radius 3 is 1.47 bits per heavy atom. The summed E-state index contributed by atoms with van der Waals surface area (Å²) >= 11 is 0. The lowest BCUT2D eigenvalue weighted by molar-refractivity contribution is 0.266. The second-order valence-electron chi connectivity index (χ2n) is 6.73. The van der Waals surface area contributed by atoms with Crippen molar-refractivity contribution in [3.05, 3.63) is 0 Å². The second kappa shape index (κ2) is 3.23. The molecule has 0 aromatic rings. The molecule has 0 aromatic carbocycles. The summed E-state index contributed by atoms with van der Waals surface area (Å²) < 4.78 is 0. The molecular formula is C14H23N. The zero-order chi connectivity index (χ0) is 9.83. The van der Waals surface area contributed by atoms with Gasteiger partial charge in [0, 0.05) is 12.1 Å². The van der Waals surface area contributed by atoms with Gasteiger partial charge in [0.1, 0.15) is 0 Å². The molecular weight excluding hydrogens is 182 g/mol. The minimum Gasteiger partial charge on any atom is -0.311 e. The quantitative estimate of drug-likeness (QED) is 0.731. The highest BCUT2D eigenvalue weighted by atomic mass is 15.0. The summed E-state index contributed by atoms with van der Waals surface area (Å²) in [5.41, 5.74) is 0. The van der Waals surface area contributed by atoms with Crippen LogP contribution in [0.4, 0.5) is 0 Å². The Morgan fingerprint density at radius 1 is 0.600 bits per heavy atom. The summed E-state index contributed by atoms with van der Waals surface area (Å²) in [7, 11) is 0. The molecule has 0 saturated heterocycles. The van der Waals surface area contributed by atoms with Gasteiger partial charge >= 0.3 is 0 Å². The Bertz CT molecular complexity index is 236. The first-order chi connectivity index (χ1) is 7.38. The Labute approximate surface area is 93.0 Å². The molecule has 4 rings (SSSR count). The highest BCUT2D eigenvalue weighted by Gasteiger charge is 2.44. The van der Waals surface area contributed by atoms with Crippen molar-refractivity contribution in [2.45, 2.75) is 63.5 Å². The molecule has 15 heavy (non-hydrogen) atoms. The van der Waals surface area contributed by atoms with Gasteiger partial charge in [-0.2, -0.15) is 0 Å². The van der Waals surface area contributed by atoms with Crippen LogP contribution in [0.3, 0.4) is 0 Å². The maximum Gasteiger partial charge on any atom is 0.0101 e. The normalized spacial score (nSPS) is 56.8. The van der Waals surface area contributed by atoms with Crippen molar-refractivity contribution in [1.82, 2.24) is 5.32 Å². The van der Waals surface area contributed by atoms with Gasteiger partial charge in [0.25, 0.3) is 0 Å². The number of fused-ring (bicyclic) bond motifs is 4. The fourth-order valence-corrected chi connectivity index (χ4v) is 5.17. The van der Waals surface area contributed by atoms with Crippen molar-refractivity contribution in [3.8, 4) is 0 Å². The molecule has 0 spiro atoms. The topological polar surface area (TPSA) is 12.0 Å². The maximum atomic E-state index is 4.04. The SMILES string of the molecule is C1CC2CC1CC2NC1CC2CCC1C2. The van der Waals surface area contributed by atoms with Crippen LogP contribution in [0.1, 0.15) is 51.4 Å². The summed E-state index contributed by atoms with van der Waals surface area (Å²) in [6.45, 7) is 0. The first kappa shape index (κ1) is 9.04. The second-order valence-corrected chi connectivity index (χ2v) is 6.73. The molecule has 0 radical (unpaired) electrons. The predicted octanol–water partition coefficient (Wildman–Crippen LogP) is 2.95. The number of rotatable bonds is 2. The lowest BCUT2D eigenvalue weighted by atomic mass is 9.90. The van der Waals surface area contributed by atoms with E-state index in [1.54, 1.807) is 25.7 Å². The van der Waals surface area contributed by atoms with E-state index in [0.717, 1.165) is 35.8 Å². The molecule has 1 N–H and O–H groups in total. The first-order valence-corrected chi connectivity index (χ1v) is 7.14. The molecule has 0 aliphatic heterocycles. The molecule has 4 aliphatic carbocycles. The fourth-order valence-electron chi connectivity index (χ4n) is 5.17. The first-order valence-electron chi connectivity index (χ1n) is 7.14. The Morgan fingerprint density at radius 2 is 1.13 bits per heavy atom. The molecule has 4 saturated carbocycles. The highest BCUT2D eigenvalue weighted by Crippen LogP contribution is 2.48. The van der Waals surface area contributed by atoms with E-state index in [0.29, 0.717) is 0 Å². The molecule has 6 atom stereocenters. The van der Waals surface area contributed by atoms with Crippen LogP contribution in [0, 0.1) is 23.7 Å². The van der Waals surface area contributed by atoms with E-state index in [-0.39, 0.29) is 0 Å². The average molecular weight is 205 g/mol. The predicted molar refractivity (Wildman–Crippen MR) is 61.6 cm³/mol. The highest BCUT2D eigenvalue weighted by molar-refractivity contribution is 5.00. The van der Waals surface area contributed by atoms with E-state index < -0.39 is 0 Å². The third-order valence-electron chi connectivity index (χ3n) is 5.90. The van der Waals surface area contributed by atoms with Gasteiger partial charge in [-0.3, -0.25) is 0 Å². The zero-order valence-electron chi connectivity index (χ0n) is 9.62. The number of hydrogen-bond acceptors (Lipinski definition) is 1. The van der Waals surface area contributed by atoms with E-state index in [2.05, 4.69) is 5.32 Å². The molecule has 84 valence electrons. The van der Waals surface area contributed by atoms with Gasteiger partial charge in [-0.05, 0) is 62.2 Å². The Balaban J connectivity index is 1.40. The van der Waals surface area contributed by atoms with Crippen molar-refractivity contribution in [2.75, 3.05) is 0 Å². The molecule has 6 unspecified atom stereocenters. The fraction of sp³-hybridized carbons (Fsp3) is 1.00. The van der Waals surface area contributed by atoms with E-state index in [1.807, 2.05) is 0 Å². The largest absolute Gasteiger partial charge is 0.311 e. The van der Waals surface area contributed by atoms with Crippen molar-refractivity contribution in [3.63, 3.8) is 0 Å². The summed E-state index contributed by atoms with van der Waals surface area (Å²) in [6.07, 6.45) is 12.3. The molecule has 0 amide bonds. The Hall–Kier alpha value is -0.0400. The molecule has 4 fully saturated rings. The van der Waals surface area contributed by atoms with Crippen LogP contribution >= 0.6 is 0 Å². The molecule has 4 bridgehead atoms. The van der Waals surface area contributed by atoms with Crippen LogP contribution in [0.25, 0.3) is 0 Å². The Kier molecular flexibility index (Phi) is 1.94. The molecule has 1 heteroatoms. The van der Waals surface area contributed by atoms with E-state index in [9.17, 15) is 0 Å². The summed E-state index contributed by atoms with van der Waals surface area (Å²) in [4.78, 5) is 0. The van der Waals surface area contributed by atoms with Gasteiger partial charge in [-0.15, -0.1) is 0 Å². The van der Waals surface area contributed by atoms with Crippen LogP contribution in [0.15, 0.2) is 0 Å². The van der Waals surface area contributed by atoms with Gasteiger partial charge in [0.05, 0.1) is 0 Å². The monoisotopic (exact) mass is 205 g/mol. The third kappa shape index (κ3) is 1.39. The van der Waals surface area contributed by atoms with Gasteiger partial charge < -0.3 is 5.32 Å². The molecule has 4 aliphatic rings. The minimum atomic E-state index is 0.924. The van der Waals surface area contributed by atoms with Gasteiger partial charge in [0.2, 0.25) is 0 Å². The van der Waals surface area contributed by atoms with Crippen molar-refractivity contribution >= 4 is 0 Å².